The van der Waals surface area contributed by atoms with E-state index in [1.54, 1.807) is 0 Å². The van der Waals surface area contributed by atoms with Gasteiger partial charge in [0.25, 0.3) is 0 Å². The number of likely N-dealkylation sites (tertiary alicyclic amines) is 1. The van der Waals surface area contributed by atoms with Crippen LogP contribution >= 0.6 is 0 Å². The lowest BCUT2D eigenvalue weighted by Gasteiger charge is -2.25. The number of esters is 1. The van der Waals surface area contributed by atoms with Crippen LogP contribution in [0.4, 0.5) is 9.59 Å². The van der Waals surface area contributed by atoms with Crippen LogP contribution in [0.25, 0.3) is 11.1 Å². The Balaban J connectivity index is 1.42. The number of amides is 2. The molecule has 0 radical (unpaired) electrons. The summed E-state index contributed by atoms with van der Waals surface area (Å²) in [7, 11) is 1.23. The summed E-state index contributed by atoms with van der Waals surface area (Å²) in [5, 5.41) is 11.9. The number of benzene rings is 2. The maximum atomic E-state index is 12.6. The normalized spacial score (nSPS) is 17.9. The number of carbonyl (C=O) groups excluding carboxylic acids is 2. The van der Waals surface area contributed by atoms with Gasteiger partial charge in [-0.15, -0.1) is 0 Å². The molecule has 2 aromatic rings. The highest BCUT2D eigenvalue weighted by atomic mass is 16.6. The van der Waals surface area contributed by atoms with Crippen molar-refractivity contribution in [3.63, 3.8) is 0 Å². The Morgan fingerprint density at radius 1 is 1.09 bits per heavy atom. The number of methoxy groups -OCH3 is 1. The van der Waals surface area contributed by atoms with Crippen molar-refractivity contribution in [3.8, 4) is 11.1 Å². The van der Waals surface area contributed by atoms with Crippen molar-refractivity contribution in [2.45, 2.75) is 37.3 Å². The molecule has 32 heavy (non-hydrogen) atoms. The maximum Gasteiger partial charge on any atom is 0.407 e. The Labute approximate surface area is 186 Å². The molecule has 0 spiro atoms. The van der Waals surface area contributed by atoms with E-state index >= 15 is 0 Å². The van der Waals surface area contributed by atoms with Crippen LogP contribution < -0.4 is 5.32 Å². The predicted octanol–water partition coefficient (Wildman–Crippen LogP) is 3.60. The van der Waals surface area contributed by atoms with Crippen molar-refractivity contribution in [1.29, 1.82) is 0 Å². The summed E-state index contributed by atoms with van der Waals surface area (Å²) in [6.45, 7) is 0.539. The zero-order chi connectivity index (χ0) is 22.7. The van der Waals surface area contributed by atoms with Gasteiger partial charge < -0.3 is 24.8 Å². The van der Waals surface area contributed by atoms with Crippen LogP contribution in [0.5, 0.6) is 0 Å². The van der Waals surface area contributed by atoms with Gasteiger partial charge in [0.05, 0.1) is 7.11 Å². The molecular weight excluding hydrogens is 412 g/mol. The Morgan fingerprint density at radius 3 is 2.31 bits per heavy atom. The zero-order valence-corrected chi connectivity index (χ0v) is 17.8. The first-order valence-corrected chi connectivity index (χ1v) is 10.7. The van der Waals surface area contributed by atoms with E-state index in [4.69, 9.17) is 9.47 Å². The molecule has 2 aliphatic rings. The van der Waals surface area contributed by atoms with Gasteiger partial charge in [0, 0.05) is 18.5 Å². The van der Waals surface area contributed by atoms with E-state index in [0.29, 0.717) is 13.0 Å². The Bertz CT molecular complexity index is 978. The van der Waals surface area contributed by atoms with Crippen LogP contribution in [-0.4, -0.2) is 60.5 Å². The molecule has 2 N–H and O–H groups in total. The molecular formula is C24H26N2O6. The number of carbonyl (C=O) groups is 3. The highest BCUT2D eigenvalue weighted by Crippen LogP contribution is 2.44. The van der Waals surface area contributed by atoms with Crippen molar-refractivity contribution in [2.24, 2.45) is 0 Å². The van der Waals surface area contributed by atoms with Crippen molar-refractivity contribution in [1.82, 2.24) is 10.2 Å². The fourth-order valence-corrected chi connectivity index (χ4v) is 4.74. The van der Waals surface area contributed by atoms with E-state index in [-0.39, 0.29) is 25.0 Å². The molecule has 168 valence electrons. The molecule has 2 aromatic carbocycles. The topological polar surface area (TPSA) is 105 Å². The van der Waals surface area contributed by atoms with Gasteiger partial charge in [-0.2, -0.15) is 0 Å². The van der Waals surface area contributed by atoms with Crippen LogP contribution in [0.15, 0.2) is 48.5 Å². The molecule has 2 amide bonds. The summed E-state index contributed by atoms with van der Waals surface area (Å²) >= 11 is 0. The third kappa shape index (κ3) is 4.26. The fraction of sp³-hybridized carbons (Fsp3) is 0.375. The number of nitrogens with one attached hydrogen (secondary N) is 1. The summed E-state index contributed by atoms with van der Waals surface area (Å²) in [6.07, 6.45) is -0.273. The minimum absolute atomic E-state index is 0.0953. The minimum atomic E-state index is -1.03. The second-order valence-electron chi connectivity index (χ2n) is 8.05. The Hall–Kier alpha value is -3.55. The summed E-state index contributed by atoms with van der Waals surface area (Å²) in [6, 6.07) is 14.7. The predicted molar refractivity (Wildman–Crippen MR) is 116 cm³/mol. The van der Waals surface area contributed by atoms with Crippen molar-refractivity contribution < 1.29 is 29.0 Å². The van der Waals surface area contributed by atoms with Crippen LogP contribution in [0.1, 0.15) is 36.3 Å². The quantitative estimate of drug-likeness (QED) is 0.668. The second-order valence-corrected chi connectivity index (χ2v) is 8.05. The van der Waals surface area contributed by atoms with Gasteiger partial charge in [-0.1, -0.05) is 48.5 Å². The first-order valence-electron chi connectivity index (χ1n) is 10.7. The molecule has 4 rings (SSSR count). The van der Waals surface area contributed by atoms with Gasteiger partial charge in [0.15, 0.2) is 0 Å². The minimum Gasteiger partial charge on any atom is -0.467 e. The molecule has 0 bridgehead atoms. The lowest BCUT2D eigenvalue weighted by Crippen LogP contribution is -2.47. The van der Waals surface area contributed by atoms with Crippen LogP contribution in [0.2, 0.25) is 0 Å². The van der Waals surface area contributed by atoms with Gasteiger partial charge in [-0.3, -0.25) is 0 Å². The fourth-order valence-electron chi connectivity index (χ4n) is 4.74. The molecule has 1 aliphatic heterocycles. The second kappa shape index (κ2) is 9.30. The molecule has 0 unspecified atom stereocenters. The average Bonchev–Trinajstić information content (AvgIpc) is 3.39. The molecule has 2 atom stereocenters. The third-order valence-corrected chi connectivity index (χ3v) is 6.25. The van der Waals surface area contributed by atoms with Gasteiger partial charge in [0.1, 0.15) is 12.6 Å². The van der Waals surface area contributed by atoms with Crippen molar-refractivity contribution in [3.05, 3.63) is 59.7 Å². The summed E-state index contributed by atoms with van der Waals surface area (Å²) in [5.41, 5.74) is 4.43. The number of hydrogen-bond acceptors (Lipinski definition) is 5. The molecule has 8 heteroatoms. The Kier molecular flexibility index (Phi) is 6.30. The van der Waals surface area contributed by atoms with E-state index in [2.05, 4.69) is 17.4 Å². The van der Waals surface area contributed by atoms with Gasteiger partial charge in [0.2, 0.25) is 0 Å². The number of carboxylic acid groups (broad SMARTS) is 1. The number of ether oxygens (including phenoxy) is 2. The van der Waals surface area contributed by atoms with Crippen LogP contribution in [-0.2, 0) is 14.3 Å². The molecule has 1 saturated heterocycles. The molecule has 8 nitrogen and oxygen atoms in total. The average molecular weight is 438 g/mol. The molecule has 0 saturated carbocycles. The first kappa shape index (κ1) is 21.7. The summed E-state index contributed by atoms with van der Waals surface area (Å²) in [4.78, 5) is 37.5. The standard InChI is InChI=1S/C24H26N2O6/c1-31-22(27)21(13-15-7-6-12-26(15)24(29)30)25-23(28)32-14-20-18-10-4-2-8-16(18)17-9-3-5-11-19(17)20/h2-5,8-11,15,20-21H,6-7,12-14H2,1H3,(H,25,28)(H,29,30)/t15-,21-/m0/s1. The molecule has 1 fully saturated rings. The third-order valence-electron chi connectivity index (χ3n) is 6.25. The van der Waals surface area contributed by atoms with Crippen molar-refractivity contribution in [2.75, 3.05) is 20.3 Å². The van der Waals surface area contributed by atoms with E-state index in [9.17, 15) is 19.5 Å². The Morgan fingerprint density at radius 2 is 1.72 bits per heavy atom. The highest BCUT2D eigenvalue weighted by molar-refractivity contribution is 5.82. The van der Waals surface area contributed by atoms with Crippen LogP contribution in [0.3, 0.4) is 0 Å². The summed E-state index contributed by atoms with van der Waals surface area (Å²) in [5.74, 6) is -0.724. The number of alkyl carbamates (subject to hydrolysis) is 1. The number of fused-ring (bicyclic) bond motifs is 3. The van der Waals surface area contributed by atoms with Crippen LogP contribution in [0, 0.1) is 0 Å². The van der Waals surface area contributed by atoms with Crippen molar-refractivity contribution >= 4 is 18.2 Å². The van der Waals surface area contributed by atoms with Gasteiger partial charge in [-0.05, 0) is 41.5 Å². The monoisotopic (exact) mass is 438 g/mol. The number of hydrogen-bond donors (Lipinski definition) is 2. The SMILES string of the molecule is COC(=O)[C@H](C[C@@H]1CCCN1C(=O)O)NC(=O)OCC1c2ccccc2-c2ccccc21. The zero-order valence-electron chi connectivity index (χ0n) is 17.8. The lowest BCUT2D eigenvalue weighted by atomic mass is 9.98. The van der Waals surface area contributed by atoms with Gasteiger partial charge in [-0.25, -0.2) is 14.4 Å². The molecule has 0 aromatic heterocycles. The number of rotatable bonds is 6. The summed E-state index contributed by atoms with van der Waals surface area (Å²) < 4.78 is 10.3. The van der Waals surface area contributed by atoms with E-state index in [1.807, 2.05) is 36.4 Å². The maximum absolute atomic E-state index is 12.6. The van der Waals surface area contributed by atoms with Gasteiger partial charge >= 0.3 is 18.2 Å². The lowest BCUT2D eigenvalue weighted by molar-refractivity contribution is -0.143. The van der Waals surface area contributed by atoms with E-state index in [0.717, 1.165) is 28.7 Å². The first-order chi connectivity index (χ1) is 15.5. The largest absolute Gasteiger partial charge is 0.467 e. The molecule has 1 heterocycles. The number of nitrogens with zero attached hydrogens (tertiary/aromatic N) is 1. The highest BCUT2D eigenvalue weighted by Gasteiger charge is 2.35. The van der Waals surface area contributed by atoms with E-state index in [1.165, 1.54) is 12.0 Å². The smallest absolute Gasteiger partial charge is 0.407 e. The molecule has 1 aliphatic carbocycles. The van der Waals surface area contributed by atoms with E-state index < -0.39 is 24.2 Å².